The first kappa shape index (κ1) is 22.9. The number of nitrogens with two attached hydrogens (primary N) is 1. The minimum Gasteiger partial charge on any atom is -0.693 e. The Morgan fingerprint density at radius 3 is 1.83 bits per heavy atom. The first-order valence-corrected chi connectivity index (χ1v) is 3.01. The van der Waals surface area contributed by atoms with Gasteiger partial charge >= 0.3 is 37.7 Å². The average Bonchev–Trinajstić information content (AvgIpc) is 1.62. The Hall–Kier alpha value is 0.650. The molecule has 4 nitrogen and oxygen atoms in total. The maximum absolute atomic E-state index is 9.41. The molecule has 5 heteroatoms. The molecule has 0 aliphatic heterocycles. The van der Waals surface area contributed by atoms with E-state index in [1.165, 1.54) is 0 Å². The largest absolute Gasteiger partial charge is 3.00 e. The second-order valence-corrected chi connectivity index (χ2v) is 2.17. The van der Waals surface area contributed by atoms with E-state index in [4.69, 9.17) is 10.2 Å². The molecule has 78 valence electrons. The number of carboxylic acids is 1. The van der Waals surface area contributed by atoms with Crippen LogP contribution in [0.4, 0.5) is 0 Å². The quantitative estimate of drug-likeness (QED) is 0.602. The Kier molecular flexibility index (Phi) is 33.8. The molecule has 0 heterocycles. The standard InChI is InChI=1S/C4H9.C3H5O3.Ho.H2N/c1-4(2)3;4-2-1-3(5)6;;/h4H,1H2,2-3H3;2,4H,1H2,(H,5,6);;1H2/q2*-1;+3;-1. The zero-order chi connectivity index (χ0) is 8.57. The third-order valence-electron chi connectivity index (χ3n) is 0.266. The van der Waals surface area contributed by atoms with E-state index in [0.29, 0.717) is 12.5 Å². The summed E-state index contributed by atoms with van der Waals surface area (Å²) in [6.07, 6.45) is -0.278. The first-order valence-electron chi connectivity index (χ1n) is 3.01. The van der Waals surface area contributed by atoms with Gasteiger partial charge in [0.2, 0.25) is 0 Å². The summed E-state index contributed by atoms with van der Waals surface area (Å²) in [7, 11) is 0. The van der Waals surface area contributed by atoms with Crippen molar-refractivity contribution in [2.45, 2.75) is 20.3 Å². The number of rotatable bonds is 2. The normalized spacial score (nSPS) is 7.08. The van der Waals surface area contributed by atoms with Crippen LogP contribution in [0.3, 0.4) is 0 Å². The Morgan fingerprint density at radius 2 is 1.83 bits per heavy atom. The predicted octanol–water partition coefficient (Wildman–Crippen LogP) is 2.19. The van der Waals surface area contributed by atoms with Gasteiger partial charge in [-0.1, -0.05) is 20.3 Å². The van der Waals surface area contributed by atoms with Crippen molar-refractivity contribution >= 4 is 5.97 Å². The fraction of sp³-hybridized carbons (Fsp3) is 0.571. The molecule has 0 aliphatic rings. The molecule has 0 radical (unpaired) electrons. The minimum atomic E-state index is -1.02. The molecular formula is C7H16HoNO3. The number of hydrogen-bond acceptors (Lipinski definition) is 2. The maximum atomic E-state index is 9.41. The number of hydrogen-bond donors (Lipinski definition) is 2. The number of carbonyl (C=O) groups is 1. The van der Waals surface area contributed by atoms with Crippen LogP contribution < -0.4 is 0 Å². The molecule has 0 amide bonds. The summed E-state index contributed by atoms with van der Waals surface area (Å²) in [4.78, 5) is 9.41. The third-order valence-corrected chi connectivity index (χ3v) is 0.266. The molecular weight excluding hydrogens is 311 g/mol. The van der Waals surface area contributed by atoms with Gasteiger partial charge in [-0.25, -0.2) is 6.61 Å². The summed E-state index contributed by atoms with van der Waals surface area (Å²) in [5.41, 5.74) is 0. The van der Waals surface area contributed by atoms with Crippen LogP contribution in [0.25, 0.3) is 6.15 Å². The van der Waals surface area contributed by atoms with E-state index in [-0.39, 0.29) is 50.3 Å². The third kappa shape index (κ3) is 74.4. The smallest absolute Gasteiger partial charge is 0.693 e. The zero-order valence-electron chi connectivity index (χ0n) is 7.25. The summed E-state index contributed by atoms with van der Waals surface area (Å²) < 4.78 is 0. The minimum absolute atomic E-state index is 0. The topological polar surface area (TPSA) is 91.0 Å². The van der Waals surface area contributed by atoms with Crippen molar-refractivity contribution < 1.29 is 52.7 Å². The number of aliphatic carboxylic acids is 1. The van der Waals surface area contributed by atoms with E-state index >= 15 is 0 Å². The van der Waals surface area contributed by atoms with Gasteiger partial charge in [-0.15, -0.1) is 0 Å². The van der Waals surface area contributed by atoms with Gasteiger partial charge in [0.25, 0.3) is 5.97 Å². The molecule has 0 aromatic rings. The average molecular weight is 327 g/mol. The molecule has 12 heavy (non-hydrogen) atoms. The zero-order valence-corrected chi connectivity index (χ0v) is 9.19. The van der Waals surface area contributed by atoms with Gasteiger partial charge in [0, 0.05) is 0 Å². The van der Waals surface area contributed by atoms with Gasteiger partial charge in [-0.3, -0.25) is 4.79 Å². The Morgan fingerprint density at radius 1 is 1.58 bits per heavy atom. The number of aliphatic hydroxyl groups is 1. The Bertz CT molecular complexity index is 86.0. The molecule has 0 saturated heterocycles. The van der Waals surface area contributed by atoms with Crippen LogP contribution in [0.15, 0.2) is 0 Å². The number of aliphatic hydroxyl groups excluding tert-OH is 1. The molecule has 0 aliphatic carbocycles. The van der Waals surface area contributed by atoms with Crippen molar-refractivity contribution in [2.24, 2.45) is 5.92 Å². The van der Waals surface area contributed by atoms with Crippen LogP contribution in [-0.2, 0) is 4.79 Å². The van der Waals surface area contributed by atoms with Gasteiger partial charge in [0.1, 0.15) is 0 Å². The van der Waals surface area contributed by atoms with Gasteiger partial charge in [-0.2, -0.15) is 5.92 Å². The Balaban J connectivity index is -0.0000000483. The van der Waals surface area contributed by atoms with Crippen LogP contribution in [0.5, 0.6) is 0 Å². The summed E-state index contributed by atoms with van der Waals surface area (Å²) in [5.74, 6) is -0.433. The van der Waals surface area contributed by atoms with Crippen LogP contribution in [-0.4, -0.2) is 16.2 Å². The van der Waals surface area contributed by atoms with Crippen molar-refractivity contribution in [1.29, 1.82) is 0 Å². The summed E-state index contributed by atoms with van der Waals surface area (Å²) >= 11 is 0. The van der Waals surface area contributed by atoms with Crippen LogP contribution in [0, 0.1) is 57.2 Å². The summed E-state index contributed by atoms with van der Waals surface area (Å²) in [6, 6.07) is 0. The maximum Gasteiger partial charge on any atom is 3.00 e. The molecule has 0 rings (SSSR count). The Labute approximate surface area is 104 Å². The van der Waals surface area contributed by atoms with Gasteiger partial charge in [0.05, 0.1) is 0 Å². The fourth-order valence-corrected chi connectivity index (χ4v) is 0.0781. The van der Waals surface area contributed by atoms with Gasteiger partial charge < -0.3 is 23.3 Å². The first-order chi connectivity index (χ1) is 4.50. The van der Waals surface area contributed by atoms with E-state index < -0.39 is 5.97 Å². The summed E-state index contributed by atoms with van der Waals surface area (Å²) in [5, 5.41) is 15.5. The SMILES string of the molecule is O=C(O)C[CH-]O.[CH2-]C(C)C.[Ho+3].[NH2-]. The van der Waals surface area contributed by atoms with E-state index in [2.05, 4.69) is 20.8 Å². The van der Waals surface area contributed by atoms with Crippen LogP contribution in [0.1, 0.15) is 20.3 Å². The van der Waals surface area contributed by atoms with Crippen molar-refractivity contribution in [3.05, 3.63) is 19.7 Å². The molecule has 4 N–H and O–H groups in total. The van der Waals surface area contributed by atoms with E-state index in [1.54, 1.807) is 0 Å². The second kappa shape index (κ2) is 17.7. The summed E-state index contributed by atoms with van der Waals surface area (Å²) in [6.45, 7) is 8.35. The van der Waals surface area contributed by atoms with Crippen molar-refractivity contribution in [1.82, 2.24) is 0 Å². The molecule has 0 bridgehead atoms. The molecule has 0 fully saturated rings. The molecule has 0 aromatic heterocycles. The van der Waals surface area contributed by atoms with Crippen molar-refractivity contribution in [3.63, 3.8) is 0 Å². The fourth-order valence-electron chi connectivity index (χ4n) is 0.0781. The second-order valence-electron chi connectivity index (χ2n) is 2.17. The van der Waals surface area contributed by atoms with E-state index in [0.717, 1.165) is 0 Å². The molecule has 0 atom stereocenters. The van der Waals surface area contributed by atoms with Crippen molar-refractivity contribution in [3.8, 4) is 0 Å². The van der Waals surface area contributed by atoms with Crippen LogP contribution >= 0.6 is 0 Å². The van der Waals surface area contributed by atoms with E-state index in [1.807, 2.05) is 0 Å². The molecule has 0 spiro atoms. The number of carboxylic acid groups (broad SMARTS) is 1. The molecule has 0 unspecified atom stereocenters. The molecule has 0 aromatic carbocycles. The van der Waals surface area contributed by atoms with Crippen LogP contribution in [0.2, 0.25) is 0 Å². The van der Waals surface area contributed by atoms with E-state index in [9.17, 15) is 4.79 Å². The van der Waals surface area contributed by atoms with Gasteiger partial charge in [0.15, 0.2) is 0 Å². The molecule has 0 saturated carbocycles. The van der Waals surface area contributed by atoms with Crippen molar-refractivity contribution in [2.75, 3.05) is 0 Å². The van der Waals surface area contributed by atoms with Gasteiger partial charge in [-0.05, 0) is 0 Å². The monoisotopic (exact) mass is 327 g/mol. The predicted molar refractivity (Wildman–Crippen MR) is 44.0 cm³/mol.